The first-order valence-electron chi connectivity index (χ1n) is 6.39. The summed E-state index contributed by atoms with van der Waals surface area (Å²) < 4.78 is 2.04. The lowest BCUT2D eigenvalue weighted by Gasteiger charge is -2.16. The number of hydrogen-bond acceptors (Lipinski definition) is 3. The normalized spacial score (nSPS) is 12.1. The van der Waals surface area contributed by atoms with Gasteiger partial charge in [-0.05, 0) is 30.2 Å². The van der Waals surface area contributed by atoms with Crippen LogP contribution in [0.25, 0.3) is 0 Å². The highest BCUT2D eigenvalue weighted by Crippen LogP contribution is 2.27. The summed E-state index contributed by atoms with van der Waals surface area (Å²) in [6, 6.07) is 12.8. The molecule has 0 aliphatic carbocycles. The van der Waals surface area contributed by atoms with Gasteiger partial charge in [-0.3, -0.25) is 10.1 Å². The molecule has 0 amide bonds. The summed E-state index contributed by atoms with van der Waals surface area (Å²) in [7, 11) is 0. The van der Waals surface area contributed by atoms with Gasteiger partial charge in [-0.15, -0.1) is 0 Å². The Labute approximate surface area is 140 Å². The van der Waals surface area contributed by atoms with E-state index in [2.05, 4.69) is 44.1 Å². The van der Waals surface area contributed by atoms with Crippen molar-refractivity contribution in [1.29, 1.82) is 0 Å². The first-order chi connectivity index (χ1) is 9.97. The van der Waals surface area contributed by atoms with Gasteiger partial charge in [-0.1, -0.05) is 50.1 Å². The van der Waals surface area contributed by atoms with Crippen LogP contribution < -0.4 is 5.32 Å². The minimum absolute atomic E-state index is 0.117. The number of benzene rings is 2. The molecular weight excluding hydrogens is 400 g/mol. The summed E-state index contributed by atoms with van der Waals surface area (Å²) in [6.45, 7) is 2.64. The van der Waals surface area contributed by atoms with Crippen LogP contribution in [0.3, 0.4) is 0 Å². The van der Waals surface area contributed by atoms with Crippen molar-refractivity contribution in [3.63, 3.8) is 0 Å². The van der Waals surface area contributed by atoms with Gasteiger partial charge in [0.2, 0.25) is 0 Å². The van der Waals surface area contributed by atoms with E-state index >= 15 is 0 Å². The molecule has 1 unspecified atom stereocenters. The van der Waals surface area contributed by atoms with E-state index in [9.17, 15) is 10.1 Å². The molecule has 0 spiro atoms. The smallest absolute Gasteiger partial charge is 0.269 e. The second-order valence-corrected chi connectivity index (χ2v) is 6.47. The molecular formula is C15H14Br2N2O2. The largest absolute Gasteiger partial charge is 0.306 e. The Morgan fingerprint density at radius 1 is 1.24 bits per heavy atom. The monoisotopic (exact) mass is 412 g/mol. The highest BCUT2D eigenvalue weighted by Gasteiger charge is 2.10. The predicted octanol–water partition coefficient (Wildman–Crippen LogP) is 4.97. The molecule has 2 rings (SSSR count). The van der Waals surface area contributed by atoms with Gasteiger partial charge in [0.05, 0.1) is 4.92 Å². The highest BCUT2D eigenvalue weighted by atomic mass is 79.9. The van der Waals surface area contributed by atoms with Crippen LogP contribution >= 0.6 is 31.9 Å². The lowest BCUT2D eigenvalue weighted by atomic mass is 10.1. The van der Waals surface area contributed by atoms with Crippen LogP contribution in [-0.4, -0.2) is 4.92 Å². The fourth-order valence-electron chi connectivity index (χ4n) is 2.01. The lowest BCUT2D eigenvalue weighted by molar-refractivity contribution is -0.384. The van der Waals surface area contributed by atoms with E-state index in [1.807, 2.05) is 24.3 Å². The van der Waals surface area contributed by atoms with Crippen LogP contribution in [0.15, 0.2) is 51.4 Å². The molecule has 21 heavy (non-hydrogen) atoms. The van der Waals surface area contributed by atoms with E-state index in [1.54, 1.807) is 12.1 Å². The molecule has 6 heteroatoms. The molecule has 0 saturated carbocycles. The van der Waals surface area contributed by atoms with Gasteiger partial charge in [0.1, 0.15) is 0 Å². The Kier molecular flexibility index (Phi) is 5.50. The maximum Gasteiger partial charge on any atom is 0.269 e. The number of halogens is 2. The van der Waals surface area contributed by atoms with Crippen molar-refractivity contribution < 1.29 is 4.92 Å². The van der Waals surface area contributed by atoms with Crippen LogP contribution in [0.4, 0.5) is 5.69 Å². The summed E-state index contributed by atoms with van der Waals surface area (Å²) >= 11 is 6.97. The van der Waals surface area contributed by atoms with Crippen LogP contribution in [0, 0.1) is 10.1 Å². The SMILES string of the molecule is CC(NCc1cccc([N+](=O)[O-])c1)c1ccc(Br)cc1Br. The Bertz CT molecular complexity index is 662. The van der Waals surface area contributed by atoms with Crippen LogP contribution in [0.1, 0.15) is 24.1 Å². The van der Waals surface area contributed by atoms with Crippen LogP contribution in [-0.2, 0) is 6.54 Å². The Balaban J connectivity index is 2.05. The highest BCUT2D eigenvalue weighted by molar-refractivity contribution is 9.11. The Morgan fingerprint density at radius 3 is 2.67 bits per heavy atom. The zero-order valence-corrected chi connectivity index (χ0v) is 14.5. The first-order valence-corrected chi connectivity index (χ1v) is 7.97. The molecule has 110 valence electrons. The van der Waals surface area contributed by atoms with Gasteiger partial charge in [-0.2, -0.15) is 0 Å². The number of nitrogens with zero attached hydrogens (tertiary/aromatic N) is 1. The van der Waals surface area contributed by atoms with E-state index < -0.39 is 0 Å². The first kappa shape index (κ1) is 16.1. The van der Waals surface area contributed by atoms with E-state index in [1.165, 1.54) is 6.07 Å². The van der Waals surface area contributed by atoms with E-state index in [0.717, 1.165) is 20.1 Å². The van der Waals surface area contributed by atoms with Gasteiger partial charge in [0.15, 0.2) is 0 Å². The van der Waals surface area contributed by atoms with Crippen molar-refractivity contribution in [2.45, 2.75) is 19.5 Å². The molecule has 2 aromatic rings. The van der Waals surface area contributed by atoms with Gasteiger partial charge in [0.25, 0.3) is 5.69 Å². The summed E-state index contributed by atoms with van der Waals surface area (Å²) in [5.74, 6) is 0. The fourth-order valence-corrected chi connectivity index (χ4v) is 3.40. The molecule has 0 radical (unpaired) electrons. The Morgan fingerprint density at radius 2 is 2.00 bits per heavy atom. The van der Waals surface area contributed by atoms with Crippen LogP contribution in [0.2, 0.25) is 0 Å². The molecule has 0 heterocycles. The average Bonchev–Trinajstić information content (AvgIpc) is 2.45. The quantitative estimate of drug-likeness (QED) is 0.556. The zero-order chi connectivity index (χ0) is 15.4. The van der Waals surface area contributed by atoms with Crippen molar-refractivity contribution in [1.82, 2.24) is 5.32 Å². The lowest BCUT2D eigenvalue weighted by Crippen LogP contribution is -2.18. The topological polar surface area (TPSA) is 55.2 Å². The average molecular weight is 414 g/mol. The molecule has 0 fully saturated rings. The number of non-ortho nitro benzene ring substituents is 1. The van der Waals surface area contributed by atoms with Crippen molar-refractivity contribution in [2.24, 2.45) is 0 Å². The number of nitrogens with one attached hydrogen (secondary N) is 1. The number of nitro groups is 1. The van der Waals surface area contributed by atoms with Crippen molar-refractivity contribution in [3.05, 3.63) is 72.7 Å². The molecule has 0 saturated heterocycles. The second-order valence-electron chi connectivity index (χ2n) is 4.70. The second kappa shape index (κ2) is 7.15. The van der Waals surface area contributed by atoms with Gasteiger partial charge < -0.3 is 5.32 Å². The van der Waals surface area contributed by atoms with E-state index in [-0.39, 0.29) is 16.7 Å². The maximum atomic E-state index is 10.8. The zero-order valence-electron chi connectivity index (χ0n) is 11.3. The molecule has 0 bridgehead atoms. The molecule has 1 N–H and O–H groups in total. The summed E-state index contributed by atoms with van der Waals surface area (Å²) in [5, 5.41) is 14.1. The Hall–Kier alpha value is -1.24. The number of nitro benzene ring substituents is 1. The van der Waals surface area contributed by atoms with Gasteiger partial charge in [0, 0.05) is 33.7 Å². The van der Waals surface area contributed by atoms with E-state index in [0.29, 0.717) is 6.54 Å². The van der Waals surface area contributed by atoms with Crippen molar-refractivity contribution in [3.8, 4) is 0 Å². The van der Waals surface area contributed by atoms with Crippen molar-refractivity contribution >= 4 is 37.5 Å². The number of rotatable bonds is 5. The van der Waals surface area contributed by atoms with Gasteiger partial charge >= 0.3 is 0 Å². The van der Waals surface area contributed by atoms with Crippen molar-refractivity contribution in [2.75, 3.05) is 0 Å². The molecule has 0 aliphatic heterocycles. The molecule has 0 aromatic heterocycles. The summed E-state index contributed by atoms with van der Waals surface area (Å²) in [4.78, 5) is 10.4. The summed E-state index contributed by atoms with van der Waals surface area (Å²) in [6.07, 6.45) is 0. The molecule has 1 atom stereocenters. The third kappa shape index (κ3) is 4.36. The minimum Gasteiger partial charge on any atom is -0.306 e. The summed E-state index contributed by atoms with van der Waals surface area (Å²) in [5.41, 5.74) is 2.15. The third-order valence-electron chi connectivity index (χ3n) is 3.16. The molecule has 2 aromatic carbocycles. The van der Waals surface area contributed by atoms with Gasteiger partial charge in [-0.25, -0.2) is 0 Å². The molecule has 4 nitrogen and oxygen atoms in total. The predicted molar refractivity (Wildman–Crippen MR) is 90.2 cm³/mol. The molecule has 0 aliphatic rings. The third-order valence-corrected chi connectivity index (χ3v) is 4.34. The standard InChI is InChI=1S/C15H14Br2N2O2/c1-10(14-6-5-12(16)8-15(14)17)18-9-11-3-2-4-13(7-11)19(20)21/h2-8,10,18H,9H2,1H3. The van der Waals surface area contributed by atoms with E-state index in [4.69, 9.17) is 0 Å². The van der Waals surface area contributed by atoms with Crippen LogP contribution in [0.5, 0.6) is 0 Å². The fraction of sp³-hybridized carbons (Fsp3) is 0.200. The minimum atomic E-state index is -0.377. The maximum absolute atomic E-state index is 10.8. The number of hydrogen-bond donors (Lipinski definition) is 1.